The van der Waals surface area contributed by atoms with E-state index in [0.717, 1.165) is 37.8 Å². The second-order valence-electron chi connectivity index (χ2n) is 4.57. The van der Waals surface area contributed by atoms with E-state index in [-0.39, 0.29) is 0 Å². The van der Waals surface area contributed by atoms with Crippen LogP contribution in [0.25, 0.3) is 0 Å². The molecule has 4 nitrogen and oxygen atoms in total. The van der Waals surface area contributed by atoms with Crippen LogP contribution in [-0.2, 0) is 19.1 Å². The van der Waals surface area contributed by atoms with Crippen LogP contribution in [0.5, 0.6) is 0 Å². The summed E-state index contributed by atoms with van der Waals surface area (Å²) in [5.41, 5.74) is -0.483. The van der Waals surface area contributed by atoms with Crippen LogP contribution in [0.4, 0.5) is 0 Å². The zero-order chi connectivity index (χ0) is 14.0. The zero-order valence-electron chi connectivity index (χ0n) is 11.2. The molecule has 0 aliphatic carbocycles. The van der Waals surface area contributed by atoms with Crippen LogP contribution >= 0.6 is 0 Å². The third-order valence-electron chi connectivity index (χ3n) is 2.38. The first-order valence-electron chi connectivity index (χ1n) is 6.06. The summed E-state index contributed by atoms with van der Waals surface area (Å²) in [6.45, 7) is 10.8. The van der Waals surface area contributed by atoms with Gasteiger partial charge in [0.2, 0.25) is 0 Å². The normalized spacial score (nSPS) is 10.6. The summed E-state index contributed by atoms with van der Waals surface area (Å²) >= 11 is 0. The van der Waals surface area contributed by atoms with Gasteiger partial charge in [-0.1, -0.05) is 13.2 Å². The standard InChI is InChI=1S/C14H22O4/c1-5-12(15)17-11-9-7-8-10-14(3,4)18-13(16)6-2/h5-6H,1-2,7-11H2,3-4H3. The predicted molar refractivity (Wildman–Crippen MR) is 70.0 cm³/mol. The minimum absolute atomic E-state index is 0.393. The monoisotopic (exact) mass is 254 g/mol. The van der Waals surface area contributed by atoms with Gasteiger partial charge in [0, 0.05) is 12.2 Å². The highest BCUT2D eigenvalue weighted by molar-refractivity contribution is 5.81. The lowest BCUT2D eigenvalue weighted by atomic mass is 10.0. The molecule has 0 aromatic rings. The number of rotatable bonds is 9. The van der Waals surface area contributed by atoms with Gasteiger partial charge in [0.25, 0.3) is 0 Å². The van der Waals surface area contributed by atoms with Gasteiger partial charge in [-0.3, -0.25) is 0 Å². The second kappa shape index (κ2) is 8.50. The molecule has 4 heteroatoms. The average molecular weight is 254 g/mol. The molecule has 102 valence electrons. The van der Waals surface area contributed by atoms with Gasteiger partial charge < -0.3 is 9.47 Å². The molecule has 0 fully saturated rings. The number of unbranched alkanes of at least 4 members (excludes halogenated alkanes) is 2. The Bertz CT molecular complexity index is 305. The number of hydrogen-bond donors (Lipinski definition) is 0. The number of ether oxygens (including phenoxy) is 2. The van der Waals surface area contributed by atoms with Gasteiger partial charge in [0.05, 0.1) is 6.61 Å². The maximum atomic E-state index is 11.1. The van der Waals surface area contributed by atoms with Crippen LogP contribution in [0, 0.1) is 0 Å². The zero-order valence-corrected chi connectivity index (χ0v) is 11.2. The first-order chi connectivity index (χ1) is 8.41. The first-order valence-corrected chi connectivity index (χ1v) is 6.06. The first kappa shape index (κ1) is 16.4. The van der Waals surface area contributed by atoms with E-state index < -0.39 is 17.5 Å². The van der Waals surface area contributed by atoms with Crippen LogP contribution in [-0.4, -0.2) is 24.1 Å². The maximum Gasteiger partial charge on any atom is 0.330 e. The summed E-state index contributed by atoms with van der Waals surface area (Å²) < 4.78 is 10.0. The van der Waals surface area contributed by atoms with Crippen molar-refractivity contribution in [1.29, 1.82) is 0 Å². The predicted octanol–water partition coefficient (Wildman–Crippen LogP) is 2.78. The van der Waals surface area contributed by atoms with E-state index in [4.69, 9.17) is 9.47 Å². The van der Waals surface area contributed by atoms with E-state index in [2.05, 4.69) is 13.2 Å². The van der Waals surface area contributed by atoms with E-state index in [1.165, 1.54) is 0 Å². The summed E-state index contributed by atoms with van der Waals surface area (Å²) in [7, 11) is 0. The fraction of sp³-hybridized carbons (Fsp3) is 0.571. The van der Waals surface area contributed by atoms with Gasteiger partial charge >= 0.3 is 11.9 Å². The molecule has 18 heavy (non-hydrogen) atoms. The molecular formula is C14H22O4. The van der Waals surface area contributed by atoms with Gasteiger partial charge in [-0.15, -0.1) is 0 Å². The molecule has 0 saturated carbocycles. The molecule has 0 saturated heterocycles. The fourth-order valence-electron chi connectivity index (χ4n) is 1.43. The molecule has 0 atom stereocenters. The lowest BCUT2D eigenvalue weighted by Crippen LogP contribution is -2.27. The quantitative estimate of drug-likeness (QED) is 0.360. The van der Waals surface area contributed by atoms with Gasteiger partial charge in [0.15, 0.2) is 0 Å². The third-order valence-corrected chi connectivity index (χ3v) is 2.38. The molecule has 0 unspecified atom stereocenters. The van der Waals surface area contributed by atoms with E-state index in [1.807, 2.05) is 13.8 Å². The van der Waals surface area contributed by atoms with Crippen LogP contribution in [0.3, 0.4) is 0 Å². The fourth-order valence-corrected chi connectivity index (χ4v) is 1.43. The lowest BCUT2D eigenvalue weighted by Gasteiger charge is -2.24. The van der Waals surface area contributed by atoms with Crippen LogP contribution in [0.15, 0.2) is 25.3 Å². The Balaban J connectivity index is 3.64. The SMILES string of the molecule is C=CC(=O)OCCCCCC(C)(C)OC(=O)C=C. The molecule has 0 rings (SSSR count). The van der Waals surface area contributed by atoms with E-state index in [1.54, 1.807) is 0 Å². The smallest absolute Gasteiger partial charge is 0.330 e. The third kappa shape index (κ3) is 8.56. The van der Waals surface area contributed by atoms with Gasteiger partial charge in [-0.25, -0.2) is 9.59 Å². The molecule has 0 spiro atoms. The number of carbonyl (C=O) groups excluding carboxylic acids is 2. The molecule has 0 aromatic carbocycles. The Morgan fingerprint density at radius 3 is 2.22 bits per heavy atom. The average Bonchev–Trinajstić information content (AvgIpc) is 2.32. The van der Waals surface area contributed by atoms with E-state index in [9.17, 15) is 9.59 Å². The molecule has 0 bridgehead atoms. The molecule has 0 aromatic heterocycles. The minimum Gasteiger partial charge on any atom is -0.463 e. The van der Waals surface area contributed by atoms with E-state index in [0.29, 0.717) is 6.61 Å². The molecule has 0 heterocycles. The van der Waals surface area contributed by atoms with Crippen molar-refractivity contribution in [3.05, 3.63) is 25.3 Å². The highest BCUT2D eigenvalue weighted by atomic mass is 16.6. The van der Waals surface area contributed by atoms with Crippen molar-refractivity contribution >= 4 is 11.9 Å². The van der Waals surface area contributed by atoms with Crippen molar-refractivity contribution in [2.45, 2.75) is 45.1 Å². The van der Waals surface area contributed by atoms with E-state index >= 15 is 0 Å². The number of esters is 2. The molecular weight excluding hydrogens is 232 g/mol. The van der Waals surface area contributed by atoms with Crippen molar-refractivity contribution in [2.24, 2.45) is 0 Å². The van der Waals surface area contributed by atoms with Crippen LogP contribution in [0.1, 0.15) is 39.5 Å². The molecule has 0 amide bonds. The Kier molecular flexibility index (Phi) is 7.76. The Hall–Kier alpha value is -1.58. The van der Waals surface area contributed by atoms with Crippen LogP contribution < -0.4 is 0 Å². The lowest BCUT2D eigenvalue weighted by molar-refractivity contribution is -0.150. The summed E-state index contributed by atoms with van der Waals surface area (Å²) in [5, 5.41) is 0. The minimum atomic E-state index is -0.483. The van der Waals surface area contributed by atoms with Gasteiger partial charge in [0.1, 0.15) is 5.60 Å². The Labute approximate surface area is 109 Å². The molecule has 0 aliphatic heterocycles. The highest BCUT2D eigenvalue weighted by Crippen LogP contribution is 2.18. The highest BCUT2D eigenvalue weighted by Gasteiger charge is 2.20. The summed E-state index contributed by atoms with van der Waals surface area (Å²) in [4.78, 5) is 21.8. The number of hydrogen-bond acceptors (Lipinski definition) is 4. The second-order valence-corrected chi connectivity index (χ2v) is 4.57. The van der Waals surface area contributed by atoms with Crippen molar-refractivity contribution in [2.75, 3.05) is 6.61 Å². The van der Waals surface area contributed by atoms with Crippen molar-refractivity contribution < 1.29 is 19.1 Å². The summed E-state index contributed by atoms with van der Waals surface area (Å²) in [6.07, 6.45) is 5.70. The maximum absolute atomic E-state index is 11.1. The Morgan fingerprint density at radius 2 is 1.67 bits per heavy atom. The topological polar surface area (TPSA) is 52.6 Å². The molecule has 0 aliphatic rings. The summed E-state index contributed by atoms with van der Waals surface area (Å²) in [5.74, 6) is -0.796. The van der Waals surface area contributed by atoms with Crippen molar-refractivity contribution in [3.8, 4) is 0 Å². The van der Waals surface area contributed by atoms with Crippen molar-refractivity contribution in [3.63, 3.8) is 0 Å². The van der Waals surface area contributed by atoms with Crippen molar-refractivity contribution in [1.82, 2.24) is 0 Å². The van der Waals surface area contributed by atoms with Crippen LogP contribution in [0.2, 0.25) is 0 Å². The largest absolute Gasteiger partial charge is 0.463 e. The van der Waals surface area contributed by atoms with Gasteiger partial charge in [-0.05, 0) is 39.5 Å². The van der Waals surface area contributed by atoms with Gasteiger partial charge in [-0.2, -0.15) is 0 Å². The Morgan fingerprint density at radius 1 is 1.06 bits per heavy atom. The molecule has 0 radical (unpaired) electrons. The molecule has 0 N–H and O–H groups in total. The number of carbonyl (C=O) groups is 2. The summed E-state index contributed by atoms with van der Waals surface area (Å²) in [6, 6.07) is 0.